The topological polar surface area (TPSA) is 26.0 Å². The zero-order valence-corrected chi connectivity index (χ0v) is 12.4. The summed E-state index contributed by atoms with van der Waals surface area (Å²) in [6.45, 7) is 0. The number of hydrogen-bond acceptors (Lipinski definition) is 2. The van der Waals surface area contributed by atoms with Crippen molar-refractivity contribution in [2.75, 3.05) is 0 Å². The van der Waals surface area contributed by atoms with Gasteiger partial charge < -0.3 is 5.73 Å². The number of nitrogens with two attached hydrogens (primary N) is 1. The van der Waals surface area contributed by atoms with Crippen molar-refractivity contribution in [3.8, 4) is 0 Å². The molecule has 2 aromatic rings. The fourth-order valence-corrected chi connectivity index (χ4v) is 4.11. The second-order valence-corrected chi connectivity index (χ2v) is 7.15. The van der Waals surface area contributed by atoms with Crippen LogP contribution in [-0.2, 0) is 19.3 Å². The largest absolute Gasteiger partial charge is 0.327 e. The minimum atomic E-state index is 0.239. The molecule has 19 heavy (non-hydrogen) atoms. The lowest BCUT2D eigenvalue weighted by atomic mass is 9.79. The predicted molar refractivity (Wildman–Crippen MR) is 83.0 cm³/mol. The van der Waals surface area contributed by atoms with Gasteiger partial charge in [-0.3, -0.25) is 0 Å². The van der Waals surface area contributed by atoms with Crippen molar-refractivity contribution in [1.82, 2.24) is 0 Å². The number of fused-ring (bicyclic) bond motifs is 1. The summed E-state index contributed by atoms with van der Waals surface area (Å²) in [7, 11) is 0. The molecule has 0 aliphatic heterocycles. The summed E-state index contributed by atoms with van der Waals surface area (Å²) in [4.78, 5) is 1.30. The van der Waals surface area contributed by atoms with Gasteiger partial charge in [-0.15, -0.1) is 11.3 Å². The average molecular weight is 292 g/mol. The van der Waals surface area contributed by atoms with E-state index in [4.69, 9.17) is 17.3 Å². The maximum Gasteiger partial charge on any atom is 0.0931 e. The molecule has 0 fully saturated rings. The van der Waals surface area contributed by atoms with Crippen LogP contribution in [0.3, 0.4) is 0 Å². The molecule has 1 heterocycles. The minimum absolute atomic E-state index is 0.239. The van der Waals surface area contributed by atoms with Gasteiger partial charge in [-0.25, -0.2) is 0 Å². The molecule has 3 rings (SSSR count). The van der Waals surface area contributed by atoms with Crippen LogP contribution in [-0.4, -0.2) is 6.04 Å². The van der Waals surface area contributed by atoms with E-state index in [2.05, 4.69) is 30.3 Å². The first kappa shape index (κ1) is 13.2. The summed E-state index contributed by atoms with van der Waals surface area (Å²) in [6.07, 6.45) is 4.44. The highest BCUT2D eigenvalue weighted by molar-refractivity contribution is 7.16. The van der Waals surface area contributed by atoms with E-state index in [9.17, 15) is 0 Å². The van der Waals surface area contributed by atoms with Crippen molar-refractivity contribution in [3.63, 3.8) is 0 Å². The van der Waals surface area contributed by atoms with E-state index in [1.807, 2.05) is 6.07 Å². The highest BCUT2D eigenvalue weighted by Gasteiger charge is 2.24. The predicted octanol–water partition coefficient (Wildman–Crippen LogP) is 4.08. The van der Waals surface area contributed by atoms with Crippen LogP contribution in [0.4, 0.5) is 0 Å². The Bertz CT molecular complexity index is 563. The van der Waals surface area contributed by atoms with Crippen molar-refractivity contribution in [1.29, 1.82) is 0 Å². The van der Waals surface area contributed by atoms with Gasteiger partial charge >= 0.3 is 0 Å². The average Bonchev–Trinajstić information content (AvgIpc) is 2.83. The molecular formula is C16H18ClNS. The normalized spacial score (nSPS) is 20.0. The standard InChI is InChI=1S/C16H18ClNS/c17-16-8-7-14(19-16)10-15(18)13-6-5-11-3-1-2-4-12(11)9-13/h1-4,7-8,13,15H,5-6,9-10,18H2. The van der Waals surface area contributed by atoms with Crippen molar-refractivity contribution in [2.24, 2.45) is 11.7 Å². The summed E-state index contributed by atoms with van der Waals surface area (Å²) in [5.41, 5.74) is 9.40. The third-order valence-electron chi connectivity index (χ3n) is 4.06. The molecule has 2 N–H and O–H groups in total. The van der Waals surface area contributed by atoms with E-state index in [-0.39, 0.29) is 6.04 Å². The number of halogens is 1. The smallest absolute Gasteiger partial charge is 0.0931 e. The SMILES string of the molecule is NC(Cc1ccc(Cl)s1)C1CCc2ccccc2C1. The summed E-state index contributed by atoms with van der Waals surface area (Å²) in [6, 6.07) is 13.1. The summed E-state index contributed by atoms with van der Waals surface area (Å²) in [5.74, 6) is 0.593. The van der Waals surface area contributed by atoms with E-state index < -0.39 is 0 Å². The molecule has 1 aliphatic carbocycles. The van der Waals surface area contributed by atoms with Crippen LogP contribution in [0.5, 0.6) is 0 Å². The summed E-state index contributed by atoms with van der Waals surface area (Å²) < 4.78 is 0.858. The molecule has 3 heteroatoms. The van der Waals surface area contributed by atoms with Gasteiger partial charge in [-0.1, -0.05) is 35.9 Å². The fourth-order valence-electron chi connectivity index (χ4n) is 2.95. The van der Waals surface area contributed by atoms with Gasteiger partial charge in [0.2, 0.25) is 0 Å². The monoisotopic (exact) mass is 291 g/mol. The number of hydrogen-bond donors (Lipinski definition) is 1. The lowest BCUT2D eigenvalue weighted by molar-refractivity contribution is 0.374. The van der Waals surface area contributed by atoms with E-state index in [0.717, 1.165) is 17.2 Å². The molecule has 1 nitrogen and oxygen atoms in total. The molecular weight excluding hydrogens is 274 g/mol. The first-order valence-corrected chi connectivity index (χ1v) is 7.98. The molecule has 0 saturated carbocycles. The Balaban J connectivity index is 1.67. The van der Waals surface area contributed by atoms with Crippen molar-refractivity contribution in [2.45, 2.75) is 31.7 Å². The number of benzene rings is 1. The Labute approximate surface area is 123 Å². The van der Waals surface area contributed by atoms with Gasteiger partial charge in [0, 0.05) is 10.9 Å². The molecule has 1 aromatic carbocycles. The van der Waals surface area contributed by atoms with Crippen molar-refractivity contribution >= 4 is 22.9 Å². The van der Waals surface area contributed by atoms with Gasteiger partial charge in [0.25, 0.3) is 0 Å². The highest BCUT2D eigenvalue weighted by Crippen LogP contribution is 2.29. The zero-order valence-electron chi connectivity index (χ0n) is 10.8. The van der Waals surface area contributed by atoms with Crippen LogP contribution in [0.15, 0.2) is 36.4 Å². The van der Waals surface area contributed by atoms with Crippen LogP contribution in [0.2, 0.25) is 4.34 Å². The van der Waals surface area contributed by atoms with Crippen molar-refractivity contribution < 1.29 is 0 Å². The van der Waals surface area contributed by atoms with E-state index in [0.29, 0.717) is 5.92 Å². The molecule has 100 valence electrons. The first-order chi connectivity index (χ1) is 9.22. The Morgan fingerprint density at radius 3 is 2.74 bits per heavy atom. The lowest BCUT2D eigenvalue weighted by Gasteiger charge is -2.29. The van der Waals surface area contributed by atoms with Crippen LogP contribution in [0.1, 0.15) is 22.4 Å². The van der Waals surface area contributed by atoms with Crippen molar-refractivity contribution in [3.05, 3.63) is 56.7 Å². The second kappa shape index (κ2) is 5.66. The molecule has 2 atom stereocenters. The molecule has 0 amide bonds. The van der Waals surface area contributed by atoms with Gasteiger partial charge in [0.15, 0.2) is 0 Å². The summed E-state index contributed by atoms with van der Waals surface area (Å²) >= 11 is 7.63. The Kier molecular flexibility index (Phi) is 3.92. The first-order valence-electron chi connectivity index (χ1n) is 6.79. The van der Waals surface area contributed by atoms with Crippen LogP contribution in [0.25, 0.3) is 0 Å². The Hall–Kier alpha value is -0.830. The molecule has 1 aliphatic rings. The van der Waals surface area contributed by atoms with Gasteiger partial charge in [-0.05, 0) is 54.9 Å². The fraction of sp³-hybridized carbons (Fsp3) is 0.375. The third-order valence-corrected chi connectivity index (χ3v) is 5.31. The Morgan fingerprint density at radius 1 is 1.21 bits per heavy atom. The highest BCUT2D eigenvalue weighted by atomic mass is 35.5. The Morgan fingerprint density at radius 2 is 2.00 bits per heavy atom. The summed E-state index contributed by atoms with van der Waals surface area (Å²) in [5, 5.41) is 0. The maximum absolute atomic E-state index is 6.41. The number of thiophene rings is 1. The molecule has 0 bridgehead atoms. The van der Waals surface area contributed by atoms with E-state index in [1.54, 1.807) is 11.3 Å². The third kappa shape index (κ3) is 3.02. The second-order valence-electron chi connectivity index (χ2n) is 5.35. The quantitative estimate of drug-likeness (QED) is 0.906. The van der Waals surface area contributed by atoms with E-state index in [1.165, 1.54) is 28.8 Å². The van der Waals surface area contributed by atoms with Crippen LogP contribution >= 0.6 is 22.9 Å². The molecule has 0 spiro atoms. The lowest BCUT2D eigenvalue weighted by Crippen LogP contribution is -2.35. The maximum atomic E-state index is 6.41. The number of aryl methyl sites for hydroxylation is 1. The zero-order chi connectivity index (χ0) is 13.2. The molecule has 2 unspecified atom stereocenters. The molecule has 0 saturated heterocycles. The van der Waals surface area contributed by atoms with Crippen LogP contribution < -0.4 is 5.73 Å². The van der Waals surface area contributed by atoms with Crippen LogP contribution in [0, 0.1) is 5.92 Å². The van der Waals surface area contributed by atoms with E-state index >= 15 is 0 Å². The minimum Gasteiger partial charge on any atom is -0.327 e. The van der Waals surface area contributed by atoms with Gasteiger partial charge in [0.05, 0.1) is 4.34 Å². The number of rotatable bonds is 3. The molecule has 1 aromatic heterocycles. The van der Waals surface area contributed by atoms with Gasteiger partial charge in [-0.2, -0.15) is 0 Å². The molecule has 0 radical (unpaired) electrons. The van der Waals surface area contributed by atoms with Gasteiger partial charge in [0.1, 0.15) is 0 Å².